The SMILES string of the molecule is Cc1ccc(S(=O)(=O)N(C)c2ccsc2C(=O)Nc2ccc(OCc3ccccc3)cc2)cc1. The number of amides is 1. The lowest BCUT2D eigenvalue weighted by Gasteiger charge is -2.20. The van der Waals surface area contributed by atoms with Gasteiger partial charge in [-0.2, -0.15) is 0 Å². The van der Waals surface area contributed by atoms with Gasteiger partial charge in [-0.1, -0.05) is 48.0 Å². The second-order valence-electron chi connectivity index (χ2n) is 7.67. The van der Waals surface area contributed by atoms with Crippen molar-refractivity contribution in [1.82, 2.24) is 0 Å². The normalized spacial score (nSPS) is 11.1. The van der Waals surface area contributed by atoms with Crippen molar-refractivity contribution in [3.63, 3.8) is 0 Å². The third-order valence-corrected chi connectivity index (χ3v) is 7.92. The zero-order valence-corrected chi connectivity index (χ0v) is 20.4. The number of anilines is 2. The molecule has 1 amide bonds. The monoisotopic (exact) mass is 492 g/mol. The number of thiophene rings is 1. The van der Waals surface area contributed by atoms with Gasteiger partial charge in [0.1, 0.15) is 17.2 Å². The number of hydrogen-bond acceptors (Lipinski definition) is 5. The van der Waals surface area contributed by atoms with Gasteiger partial charge in [0.2, 0.25) is 0 Å². The molecule has 0 bridgehead atoms. The number of carbonyl (C=O) groups excluding carboxylic acids is 1. The summed E-state index contributed by atoms with van der Waals surface area (Å²) in [4.78, 5) is 13.4. The quantitative estimate of drug-likeness (QED) is 0.342. The largest absolute Gasteiger partial charge is 0.489 e. The average Bonchev–Trinajstić information content (AvgIpc) is 3.34. The molecule has 0 aliphatic heterocycles. The molecule has 174 valence electrons. The molecule has 1 heterocycles. The number of hydrogen-bond donors (Lipinski definition) is 1. The van der Waals surface area contributed by atoms with Gasteiger partial charge in [-0.15, -0.1) is 11.3 Å². The molecule has 0 saturated heterocycles. The van der Waals surface area contributed by atoms with Crippen LogP contribution in [0.4, 0.5) is 11.4 Å². The number of ether oxygens (including phenoxy) is 1. The highest BCUT2D eigenvalue weighted by atomic mass is 32.2. The van der Waals surface area contributed by atoms with Crippen LogP contribution < -0.4 is 14.4 Å². The summed E-state index contributed by atoms with van der Waals surface area (Å²) in [5.41, 5.74) is 2.94. The van der Waals surface area contributed by atoms with Crippen molar-refractivity contribution in [1.29, 1.82) is 0 Å². The van der Waals surface area contributed by atoms with Crippen LogP contribution in [0.25, 0.3) is 0 Å². The van der Waals surface area contributed by atoms with Crippen LogP contribution in [0.5, 0.6) is 5.75 Å². The summed E-state index contributed by atoms with van der Waals surface area (Å²) in [6.45, 7) is 2.34. The molecule has 1 aromatic heterocycles. The van der Waals surface area contributed by atoms with Gasteiger partial charge in [0, 0.05) is 12.7 Å². The van der Waals surface area contributed by atoms with Gasteiger partial charge in [-0.3, -0.25) is 9.10 Å². The summed E-state index contributed by atoms with van der Waals surface area (Å²) in [5, 5.41) is 4.53. The summed E-state index contributed by atoms with van der Waals surface area (Å²) in [7, 11) is -2.35. The molecule has 0 spiro atoms. The van der Waals surface area contributed by atoms with Crippen molar-refractivity contribution in [3.8, 4) is 5.75 Å². The van der Waals surface area contributed by atoms with E-state index in [2.05, 4.69) is 5.32 Å². The molecular formula is C26H24N2O4S2. The number of sulfonamides is 1. The Morgan fingerprint density at radius 2 is 1.62 bits per heavy atom. The number of aryl methyl sites for hydroxylation is 1. The van der Waals surface area contributed by atoms with Crippen molar-refractivity contribution in [2.24, 2.45) is 0 Å². The van der Waals surface area contributed by atoms with Gasteiger partial charge in [0.15, 0.2) is 0 Å². The minimum absolute atomic E-state index is 0.171. The molecule has 0 atom stereocenters. The Morgan fingerprint density at radius 1 is 0.941 bits per heavy atom. The highest BCUT2D eigenvalue weighted by Crippen LogP contribution is 2.31. The lowest BCUT2D eigenvalue weighted by atomic mass is 10.2. The van der Waals surface area contributed by atoms with Crippen molar-refractivity contribution in [2.75, 3.05) is 16.7 Å². The maximum atomic E-state index is 13.1. The van der Waals surface area contributed by atoms with Gasteiger partial charge in [0.05, 0.1) is 10.6 Å². The van der Waals surface area contributed by atoms with E-state index in [0.717, 1.165) is 15.4 Å². The molecule has 6 nitrogen and oxygen atoms in total. The van der Waals surface area contributed by atoms with Gasteiger partial charge in [-0.05, 0) is 60.3 Å². The summed E-state index contributed by atoms with van der Waals surface area (Å²) in [6, 6.07) is 25.2. The molecular weight excluding hydrogens is 468 g/mol. The molecule has 4 rings (SSSR count). The predicted molar refractivity (Wildman–Crippen MR) is 136 cm³/mol. The van der Waals surface area contributed by atoms with Crippen molar-refractivity contribution in [3.05, 3.63) is 106 Å². The van der Waals surface area contributed by atoms with E-state index in [0.29, 0.717) is 28.6 Å². The molecule has 0 unspecified atom stereocenters. The number of carbonyl (C=O) groups is 1. The number of nitrogens with one attached hydrogen (secondary N) is 1. The van der Waals surface area contributed by atoms with Gasteiger partial charge < -0.3 is 10.1 Å². The number of rotatable bonds is 8. The maximum absolute atomic E-state index is 13.1. The Labute approximate surface area is 203 Å². The van der Waals surface area contributed by atoms with Crippen LogP contribution in [0.15, 0.2) is 95.2 Å². The number of benzene rings is 3. The molecule has 34 heavy (non-hydrogen) atoms. The zero-order valence-electron chi connectivity index (χ0n) is 18.8. The Bertz CT molecular complexity index is 1360. The fraction of sp³-hybridized carbons (Fsp3) is 0.115. The molecule has 8 heteroatoms. The van der Waals surface area contributed by atoms with E-state index in [1.54, 1.807) is 60.0 Å². The average molecular weight is 493 g/mol. The van der Waals surface area contributed by atoms with Gasteiger partial charge >= 0.3 is 0 Å². The van der Waals surface area contributed by atoms with Crippen LogP contribution in [-0.4, -0.2) is 21.4 Å². The van der Waals surface area contributed by atoms with Crippen LogP contribution in [0.3, 0.4) is 0 Å². The molecule has 1 N–H and O–H groups in total. The highest BCUT2D eigenvalue weighted by molar-refractivity contribution is 7.92. The first kappa shape index (κ1) is 23.5. The second-order valence-corrected chi connectivity index (χ2v) is 10.6. The molecule has 0 fully saturated rings. The van der Waals surface area contributed by atoms with Crippen molar-refractivity contribution in [2.45, 2.75) is 18.4 Å². The van der Waals surface area contributed by atoms with Crippen LogP contribution in [0, 0.1) is 6.92 Å². The first-order valence-electron chi connectivity index (χ1n) is 10.6. The van der Waals surface area contributed by atoms with E-state index in [9.17, 15) is 13.2 Å². The van der Waals surface area contributed by atoms with Gasteiger partial charge in [-0.25, -0.2) is 8.42 Å². The third-order valence-electron chi connectivity index (χ3n) is 5.23. The van der Waals surface area contributed by atoms with E-state index < -0.39 is 10.0 Å². The predicted octanol–water partition coefficient (Wildman–Crippen LogP) is 5.71. The Kier molecular flexibility index (Phi) is 7.00. The fourth-order valence-corrected chi connectivity index (χ4v) is 5.36. The van der Waals surface area contributed by atoms with Gasteiger partial charge in [0.25, 0.3) is 15.9 Å². The number of nitrogens with zero attached hydrogens (tertiary/aromatic N) is 1. The van der Waals surface area contributed by atoms with Crippen molar-refractivity contribution >= 4 is 38.6 Å². The Balaban J connectivity index is 1.44. The molecule has 0 saturated carbocycles. The lowest BCUT2D eigenvalue weighted by Crippen LogP contribution is -2.28. The smallest absolute Gasteiger partial charge is 0.267 e. The van der Waals surface area contributed by atoms with Crippen molar-refractivity contribution < 1.29 is 17.9 Å². The third kappa shape index (κ3) is 5.30. The maximum Gasteiger partial charge on any atom is 0.267 e. The minimum Gasteiger partial charge on any atom is -0.489 e. The topological polar surface area (TPSA) is 75.7 Å². The fourth-order valence-electron chi connectivity index (χ4n) is 3.28. The Morgan fingerprint density at radius 3 is 2.29 bits per heavy atom. The molecule has 0 radical (unpaired) electrons. The Hall–Kier alpha value is -3.62. The molecule has 3 aromatic carbocycles. The molecule has 4 aromatic rings. The van der Waals surface area contributed by atoms with Crippen LogP contribution in [0.1, 0.15) is 20.8 Å². The first-order valence-corrected chi connectivity index (χ1v) is 12.9. The summed E-state index contributed by atoms with van der Waals surface area (Å²) in [5.74, 6) is 0.302. The summed E-state index contributed by atoms with van der Waals surface area (Å²) in [6.07, 6.45) is 0. The standard InChI is InChI=1S/C26H24N2O4S2/c1-19-8-14-23(15-9-19)34(30,31)28(2)24-16-17-33-25(24)26(29)27-21-10-12-22(13-11-21)32-18-20-6-4-3-5-7-20/h3-17H,18H2,1-2H3,(H,27,29). The van der Waals surface area contributed by atoms with Crippen LogP contribution in [-0.2, 0) is 16.6 Å². The summed E-state index contributed by atoms with van der Waals surface area (Å²) < 4.78 is 33.0. The van der Waals surface area contributed by atoms with E-state index in [1.807, 2.05) is 37.3 Å². The second kappa shape index (κ2) is 10.1. The van der Waals surface area contributed by atoms with E-state index >= 15 is 0 Å². The molecule has 0 aliphatic rings. The zero-order chi connectivity index (χ0) is 24.1. The van der Waals surface area contributed by atoms with Crippen LogP contribution >= 0.6 is 11.3 Å². The van der Waals surface area contributed by atoms with E-state index in [4.69, 9.17) is 4.74 Å². The van der Waals surface area contributed by atoms with E-state index in [-0.39, 0.29) is 10.8 Å². The first-order chi connectivity index (χ1) is 16.3. The molecule has 0 aliphatic carbocycles. The summed E-state index contributed by atoms with van der Waals surface area (Å²) >= 11 is 1.19. The van der Waals surface area contributed by atoms with E-state index in [1.165, 1.54) is 18.4 Å². The lowest BCUT2D eigenvalue weighted by molar-refractivity contribution is 0.103. The minimum atomic E-state index is -3.80. The van der Waals surface area contributed by atoms with Crippen LogP contribution in [0.2, 0.25) is 0 Å². The highest BCUT2D eigenvalue weighted by Gasteiger charge is 2.26.